The highest BCUT2D eigenvalue weighted by molar-refractivity contribution is 7.88. The third-order valence-corrected chi connectivity index (χ3v) is 8.96. The number of carbonyl (C=O) groups excluding carboxylic acids is 1. The summed E-state index contributed by atoms with van der Waals surface area (Å²) in [5.74, 6) is 2.79. The highest BCUT2D eigenvalue weighted by Gasteiger charge is 2.53. The van der Waals surface area contributed by atoms with Crippen LogP contribution >= 0.6 is 0 Å². The molecule has 5 nitrogen and oxygen atoms in total. The Balaban J connectivity index is 1.35. The fraction of sp³-hybridized carbons (Fsp3) is 0.947. The van der Waals surface area contributed by atoms with E-state index in [0.29, 0.717) is 31.3 Å². The standard InChI is InChI=1S/C19H32N2O3S/c1-13(19-10-14-7-15(11-19)9-16(8-14)12-19)20-18(22)17-3-5-21(6-4-17)25(2,23)24/h13-17H,3-12H2,1-2H3,(H,20,22). The minimum atomic E-state index is -3.13. The minimum absolute atomic E-state index is 0.0330. The summed E-state index contributed by atoms with van der Waals surface area (Å²) >= 11 is 0. The van der Waals surface area contributed by atoms with E-state index in [2.05, 4.69) is 12.2 Å². The smallest absolute Gasteiger partial charge is 0.223 e. The van der Waals surface area contributed by atoms with Crippen molar-refractivity contribution in [2.75, 3.05) is 19.3 Å². The van der Waals surface area contributed by atoms with Gasteiger partial charge in [0.05, 0.1) is 6.26 Å². The first-order valence-electron chi connectivity index (χ1n) is 10.0. The van der Waals surface area contributed by atoms with Crippen molar-refractivity contribution in [1.82, 2.24) is 9.62 Å². The van der Waals surface area contributed by atoms with Crippen LogP contribution in [0, 0.1) is 29.1 Å². The van der Waals surface area contributed by atoms with Crippen LogP contribution < -0.4 is 5.32 Å². The molecule has 1 amide bonds. The summed E-state index contributed by atoms with van der Waals surface area (Å²) in [5.41, 5.74) is 0.331. The fourth-order valence-corrected chi connectivity index (χ4v) is 7.52. The number of piperidine rings is 1. The first kappa shape index (κ1) is 17.8. The molecule has 1 saturated heterocycles. The lowest BCUT2D eigenvalue weighted by molar-refractivity contribution is -0.130. The van der Waals surface area contributed by atoms with Crippen molar-refractivity contribution in [2.24, 2.45) is 29.1 Å². The molecule has 0 aromatic carbocycles. The molecule has 1 aliphatic heterocycles. The lowest BCUT2D eigenvalue weighted by Crippen LogP contribution is -2.56. The number of carbonyl (C=O) groups is 1. The Morgan fingerprint density at radius 1 is 1.04 bits per heavy atom. The molecule has 6 heteroatoms. The Bertz CT molecular complexity index is 602. The van der Waals surface area contributed by atoms with Crippen molar-refractivity contribution in [3.8, 4) is 0 Å². The van der Waals surface area contributed by atoms with Gasteiger partial charge >= 0.3 is 0 Å². The Kier molecular flexibility index (Phi) is 4.42. The molecule has 5 aliphatic rings. The first-order chi connectivity index (χ1) is 11.7. The van der Waals surface area contributed by atoms with Gasteiger partial charge in [-0.3, -0.25) is 4.79 Å². The Morgan fingerprint density at radius 2 is 1.52 bits per heavy atom. The predicted molar refractivity (Wildman–Crippen MR) is 97.4 cm³/mol. The van der Waals surface area contributed by atoms with E-state index in [1.165, 1.54) is 49.1 Å². The molecule has 142 valence electrons. The van der Waals surface area contributed by atoms with Crippen molar-refractivity contribution < 1.29 is 13.2 Å². The maximum atomic E-state index is 12.8. The second-order valence-corrected chi connectivity index (χ2v) is 11.4. The van der Waals surface area contributed by atoms with E-state index in [0.717, 1.165) is 17.8 Å². The average molecular weight is 369 g/mol. The average Bonchev–Trinajstić information content (AvgIpc) is 2.52. The molecule has 1 N–H and O–H groups in total. The molecule has 0 spiro atoms. The molecule has 4 aliphatic carbocycles. The Morgan fingerprint density at radius 3 is 1.96 bits per heavy atom. The summed E-state index contributed by atoms with van der Waals surface area (Å²) in [5, 5.41) is 3.35. The molecule has 5 rings (SSSR count). The lowest BCUT2D eigenvalue weighted by Gasteiger charge is -2.59. The van der Waals surface area contributed by atoms with Crippen molar-refractivity contribution in [3.05, 3.63) is 0 Å². The number of nitrogens with one attached hydrogen (secondary N) is 1. The zero-order chi connectivity index (χ0) is 17.8. The van der Waals surface area contributed by atoms with Crippen LogP contribution in [0.3, 0.4) is 0 Å². The molecule has 1 heterocycles. The van der Waals surface area contributed by atoms with Gasteiger partial charge in [-0.15, -0.1) is 0 Å². The van der Waals surface area contributed by atoms with Crippen molar-refractivity contribution in [1.29, 1.82) is 0 Å². The third kappa shape index (κ3) is 3.36. The van der Waals surface area contributed by atoms with Crippen LogP contribution in [-0.2, 0) is 14.8 Å². The summed E-state index contributed by atoms with van der Waals surface area (Å²) in [7, 11) is -3.13. The van der Waals surface area contributed by atoms with E-state index in [1.807, 2.05) is 0 Å². The van der Waals surface area contributed by atoms with Gasteiger partial charge in [0.25, 0.3) is 0 Å². The number of nitrogens with zero attached hydrogens (tertiary/aromatic N) is 1. The molecule has 0 aromatic rings. The maximum absolute atomic E-state index is 12.8. The monoisotopic (exact) mass is 368 g/mol. The van der Waals surface area contributed by atoms with Crippen molar-refractivity contribution in [3.63, 3.8) is 0 Å². The SMILES string of the molecule is CC(NC(=O)C1CCN(S(C)(=O)=O)CC1)C12CC3CC(CC(C3)C1)C2. The minimum Gasteiger partial charge on any atom is -0.353 e. The van der Waals surface area contributed by atoms with Gasteiger partial charge in [0.1, 0.15) is 0 Å². The summed E-state index contributed by atoms with van der Waals surface area (Å²) < 4.78 is 24.8. The van der Waals surface area contributed by atoms with Crippen LogP contribution in [0.4, 0.5) is 0 Å². The van der Waals surface area contributed by atoms with Crippen molar-refractivity contribution >= 4 is 15.9 Å². The Hall–Kier alpha value is -0.620. The highest BCUT2D eigenvalue weighted by atomic mass is 32.2. The highest BCUT2D eigenvalue weighted by Crippen LogP contribution is 2.61. The quantitative estimate of drug-likeness (QED) is 0.828. The molecular weight excluding hydrogens is 336 g/mol. The van der Waals surface area contributed by atoms with E-state index in [1.54, 1.807) is 0 Å². The van der Waals surface area contributed by atoms with Crippen LogP contribution in [-0.4, -0.2) is 44.0 Å². The van der Waals surface area contributed by atoms with E-state index in [-0.39, 0.29) is 17.9 Å². The number of hydrogen-bond acceptors (Lipinski definition) is 3. The van der Waals surface area contributed by atoms with E-state index in [4.69, 9.17) is 0 Å². The molecule has 1 atom stereocenters. The number of sulfonamides is 1. The van der Waals surface area contributed by atoms with Crippen molar-refractivity contribution in [2.45, 2.75) is 64.3 Å². The maximum Gasteiger partial charge on any atom is 0.223 e. The summed E-state index contributed by atoms with van der Waals surface area (Å²) in [6, 6.07) is 0.251. The summed E-state index contributed by atoms with van der Waals surface area (Å²) in [4.78, 5) is 12.8. The molecule has 4 saturated carbocycles. The molecule has 25 heavy (non-hydrogen) atoms. The topological polar surface area (TPSA) is 66.5 Å². The molecule has 5 fully saturated rings. The molecule has 4 bridgehead atoms. The van der Waals surface area contributed by atoms with Gasteiger partial charge in [-0.1, -0.05) is 0 Å². The molecule has 0 aromatic heterocycles. The van der Waals surface area contributed by atoms with Crippen LogP contribution in [0.5, 0.6) is 0 Å². The second-order valence-electron chi connectivity index (χ2n) is 9.45. The van der Waals surface area contributed by atoms with E-state index < -0.39 is 10.0 Å². The fourth-order valence-electron chi connectivity index (χ4n) is 6.64. The lowest BCUT2D eigenvalue weighted by atomic mass is 9.48. The predicted octanol–water partition coefficient (Wildman–Crippen LogP) is 2.38. The first-order valence-corrected chi connectivity index (χ1v) is 11.9. The number of rotatable bonds is 4. The van der Waals surface area contributed by atoms with Gasteiger partial charge in [0.15, 0.2) is 0 Å². The third-order valence-electron chi connectivity index (χ3n) is 7.66. The van der Waals surface area contributed by atoms with Gasteiger partial charge in [0.2, 0.25) is 15.9 Å². The normalized spacial score (nSPS) is 40.2. The van der Waals surface area contributed by atoms with Gasteiger partial charge in [-0.2, -0.15) is 0 Å². The van der Waals surface area contributed by atoms with Crippen LogP contribution in [0.15, 0.2) is 0 Å². The largest absolute Gasteiger partial charge is 0.353 e. The van der Waals surface area contributed by atoms with Crippen LogP contribution in [0.1, 0.15) is 58.3 Å². The van der Waals surface area contributed by atoms with Gasteiger partial charge in [-0.25, -0.2) is 12.7 Å². The van der Waals surface area contributed by atoms with Gasteiger partial charge < -0.3 is 5.32 Å². The summed E-state index contributed by atoms with van der Waals surface area (Å²) in [6.45, 7) is 3.17. The molecular formula is C19H32N2O3S. The zero-order valence-corrected chi connectivity index (χ0v) is 16.4. The summed E-state index contributed by atoms with van der Waals surface area (Å²) in [6.07, 6.45) is 10.7. The van der Waals surface area contributed by atoms with Gasteiger partial charge in [0, 0.05) is 25.0 Å². The Labute approximate surface area is 152 Å². The van der Waals surface area contributed by atoms with Crippen LogP contribution in [0.2, 0.25) is 0 Å². The molecule has 1 unspecified atom stereocenters. The van der Waals surface area contributed by atoms with Crippen LogP contribution in [0.25, 0.3) is 0 Å². The number of amides is 1. The second kappa shape index (κ2) is 6.22. The van der Waals surface area contributed by atoms with E-state index in [9.17, 15) is 13.2 Å². The number of hydrogen-bond donors (Lipinski definition) is 1. The van der Waals surface area contributed by atoms with E-state index >= 15 is 0 Å². The molecule has 0 radical (unpaired) electrons. The zero-order valence-electron chi connectivity index (χ0n) is 15.5. The van der Waals surface area contributed by atoms with Gasteiger partial charge in [-0.05, 0) is 81.5 Å².